The third kappa shape index (κ3) is 3.92. The van der Waals surface area contributed by atoms with Gasteiger partial charge in [-0.25, -0.2) is 0 Å². The summed E-state index contributed by atoms with van der Waals surface area (Å²) in [5.41, 5.74) is 3.69. The van der Waals surface area contributed by atoms with Crippen LogP contribution < -0.4 is 11.1 Å². The van der Waals surface area contributed by atoms with Crippen LogP contribution in [0, 0.1) is 0 Å². The van der Waals surface area contributed by atoms with Crippen LogP contribution in [0.1, 0.15) is 6.92 Å². The van der Waals surface area contributed by atoms with Gasteiger partial charge in [0.25, 0.3) is 0 Å². The van der Waals surface area contributed by atoms with E-state index in [1.165, 1.54) is 13.1 Å². The van der Waals surface area contributed by atoms with E-state index < -0.39 is 0 Å². The molecule has 0 saturated heterocycles. The molecule has 0 aromatic heterocycles. The standard InChI is InChI=1S/C4H12N2/c1-2-6-4-3-5/h6H,2-5H2,1H3/p+2. The first-order chi connectivity index (χ1) is 2.91. The highest BCUT2D eigenvalue weighted by Gasteiger charge is 1.78. The average molecular weight is 90.2 g/mol. The summed E-state index contributed by atoms with van der Waals surface area (Å²) < 4.78 is 0. The van der Waals surface area contributed by atoms with Crippen LogP contribution in [-0.2, 0) is 0 Å². The molecule has 0 aromatic rings. The number of likely N-dealkylation sites (N-methyl/N-ethyl adjacent to an activating group) is 1. The number of nitrogens with two attached hydrogens (primary N) is 1. The summed E-state index contributed by atoms with van der Waals surface area (Å²) in [7, 11) is 0. The molecule has 0 saturated carbocycles. The largest absolute Gasteiger partial charge is 0.353 e. The molecule has 0 aromatic carbocycles. The molecule has 6 heavy (non-hydrogen) atoms. The summed E-state index contributed by atoms with van der Waals surface area (Å²) in [5, 5.41) is 2.24. The second-order valence-corrected chi connectivity index (χ2v) is 1.34. The molecule has 0 atom stereocenters. The molecule has 2 heteroatoms. The Kier molecular flexibility index (Phi) is 4.85. The fraction of sp³-hybridized carbons (Fsp3) is 1.00. The fourth-order valence-corrected chi connectivity index (χ4v) is 0.348. The molecule has 38 valence electrons. The van der Waals surface area contributed by atoms with Gasteiger partial charge in [-0.1, -0.05) is 0 Å². The molecule has 0 spiro atoms. The third-order valence-electron chi connectivity index (χ3n) is 0.697. The average Bonchev–Trinajstić information content (AvgIpc) is 1.61. The van der Waals surface area contributed by atoms with Crippen LogP contribution in [0.4, 0.5) is 0 Å². The van der Waals surface area contributed by atoms with Gasteiger partial charge in [0.2, 0.25) is 0 Å². The van der Waals surface area contributed by atoms with Gasteiger partial charge in [-0.05, 0) is 6.92 Å². The summed E-state index contributed by atoms with van der Waals surface area (Å²) in [4.78, 5) is 0. The smallest absolute Gasteiger partial charge is 0.125 e. The minimum Gasteiger partial charge on any atom is -0.353 e. The Hall–Kier alpha value is -0.0800. The second kappa shape index (κ2) is 4.92. The molecule has 0 heterocycles. The molecule has 0 fully saturated rings. The Morgan fingerprint density at radius 1 is 1.67 bits per heavy atom. The molecular weight excluding hydrogens is 76.1 g/mol. The quantitative estimate of drug-likeness (QED) is 0.370. The van der Waals surface area contributed by atoms with Crippen LogP contribution in [0.3, 0.4) is 0 Å². The highest BCUT2D eigenvalue weighted by atomic mass is 14.9. The molecule has 0 aliphatic heterocycles. The summed E-state index contributed by atoms with van der Waals surface area (Å²) in [6.45, 7) is 5.56. The van der Waals surface area contributed by atoms with Crippen LogP contribution in [-0.4, -0.2) is 19.6 Å². The minimum atomic E-state index is 1.05. The molecular formula is C4H14N2+2. The molecule has 0 amide bonds. The normalized spacial score (nSPS) is 9.00. The molecule has 2 nitrogen and oxygen atoms in total. The summed E-state index contributed by atoms with van der Waals surface area (Å²) in [5.74, 6) is 0. The SMILES string of the molecule is CC[NH2+]CC[NH3+]. The molecule has 5 N–H and O–H groups in total. The maximum Gasteiger partial charge on any atom is 0.125 e. The number of quaternary nitrogens is 2. The van der Waals surface area contributed by atoms with Gasteiger partial charge in [-0.15, -0.1) is 0 Å². The van der Waals surface area contributed by atoms with Crippen molar-refractivity contribution in [3.05, 3.63) is 0 Å². The molecule has 0 aliphatic rings. The van der Waals surface area contributed by atoms with Crippen molar-refractivity contribution in [1.29, 1.82) is 0 Å². The van der Waals surface area contributed by atoms with Gasteiger partial charge in [0, 0.05) is 0 Å². The molecule has 0 radical (unpaired) electrons. The van der Waals surface area contributed by atoms with Crippen LogP contribution in [0.25, 0.3) is 0 Å². The second-order valence-electron chi connectivity index (χ2n) is 1.34. The van der Waals surface area contributed by atoms with Crippen LogP contribution >= 0.6 is 0 Å². The first-order valence-corrected chi connectivity index (χ1v) is 2.52. The zero-order chi connectivity index (χ0) is 4.83. The van der Waals surface area contributed by atoms with Crippen molar-refractivity contribution < 1.29 is 11.1 Å². The Morgan fingerprint density at radius 2 is 2.33 bits per heavy atom. The van der Waals surface area contributed by atoms with E-state index in [2.05, 4.69) is 18.0 Å². The first kappa shape index (κ1) is 5.92. The predicted octanol–water partition coefficient (Wildman–Crippen LogP) is -2.19. The minimum absolute atomic E-state index is 1.05. The van der Waals surface area contributed by atoms with Crippen molar-refractivity contribution in [2.24, 2.45) is 0 Å². The van der Waals surface area contributed by atoms with Crippen LogP contribution in [0.2, 0.25) is 0 Å². The Labute approximate surface area is 38.7 Å². The predicted molar refractivity (Wildman–Crippen MR) is 25.1 cm³/mol. The summed E-state index contributed by atoms with van der Waals surface area (Å²) in [6, 6.07) is 0. The lowest BCUT2D eigenvalue weighted by molar-refractivity contribution is -0.667. The topological polar surface area (TPSA) is 44.2 Å². The Balaban J connectivity index is 2.34. The number of hydrogen-bond acceptors (Lipinski definition) is 0. The summed E-state index contributed by atoms with van der Waals surface area (Å²) in [6.07, 6.45) is 0. The lowest BCUT2D eigenvalue weighted by Gasteiger charge is -1.86. The van der Waals surface area contributed by atoms with Gasteiger partial charge in [-0.2, -0.15) is 0 Å². The number of rotatable bonds is 3. The maximum atomic E-state index is 3.69. The van der Waals surface area contributed by atoms with Crippen LogP contribution in [0.5, 0.6) is 0 Å². The number of hydrogen-bond donors (Lipinski definition) is 2. The van der Waals surface area contributed by atoms with E-state index in [-0.39, 0.29) is 0 Å². The highest BCUT2D eigenvalue weighted by molar-refractivity contribution is 4.07. The van der Waals surface area contributed by atoms with Gasteiger partial charge in [-0.3, -0.25) is 0 Å². The molecule has 0 unspecified atom stereocenters. The lowest BCUT2D eigenvalue weighted by Crippen LogP contribution is -2.87. The molecule has 0 bridgehead atoms. The van der Waals surface area contributed by atoms with Crippen molar-refractivity contribution in [3.8, 4) is 0 Å². The first-order valence-electron chi connectivity index (χ1n) is 2.52. The summed E-state index contributed by atoms with van der Waals surface area (Å²) >= 11 is 0. The highest BCUT2D eigenvalue weighted by Crippen LogP contribution is 1.28. The zero-order valence-corrected chi connectivity index (χ0v) is 4.41. The van der Waals surface area contributed by atoms with Crippen molar-refractivity contribution >= 4 is 0 Å². The maximum absolute atomic E-state index is 3.69. The Morgan fingerprint density at radius 3 is 2.50 bits per heavy atom. The van der Waals surface area contributed by atoms with E-state index in [1.807, 2.05) is 0 Å². The Bertz CT molecular complexity index is 17.5. The zero-order valence-electron chi connectivity index (χ0n) is 4.41. The van der Waals surface area contributed by atoms with Gasteiger partial charge >= 0.3 is 0 Å². The van der Waals surface area contributed by atoms with Crippen molar-refractivity contribution in [2.75, 3.05) is 19.6 Å². The van der Waals surface area contributed by atoms with Gasteiger partial charge < -0.3 is 11.1 Å². The lowest BCUT2D eigenvalue weighted by atomic mass is 10.6. The van der Waals surface area contributed by atoms with Crippen molar-refractivity contribution in [1.82, 2.24) is 0 Å². The van der Waals surface area contributed by atoms with E-state index in [1.54, 1.807) is 0 Å². The fourth-order valence-electron chi connectivity index (χ4n) is 0.348. The van der Waals surface area contributed by atoms with E-state index in [0.717, 1.165) is 6.54 Å². The van der Waals surface area contributed by atoms with Crippen LogP contribution in [0.15, 0.2) is 0 Å². The third-order valence-corrected chi connectivity index (χ3v) is 0.697. The van der Waals surface area contributed by atoms with E-state index in [4.69, 9.17) is 0 Å². The van der Waals surface area contributed by atoms with Crippen molar-refractivity contribution in [2.45, 2.75) is 6.92 Å². The van der Waals surface area contributed by atoms with Crippen molar-refractivity contribution in [3.63, 3.8) is 0 Å². The van der Waals surface area contributed by atoms with Gasteiger partial charge in [0.05, 0.1) is 6.54 Å². The van der Waals surface area contributed by atoms with Gasteiger partial charge in [0.1, 0.15) is 13.1 Å². The van der Waals surface area contributed by atoms with E-state index in [9.17, 15) is 0 Å². The molecule has 0 aliphatic carbocycles. The van der Waals surface area contributed by atoms with Gasteiger partial charge in [0.15, 0.2) is 0 Å². The van der Waals surface area contributed by atoms with E-state index >= 15 is 0 Å². The van der Waals surface area contributed by atoms with E-state index in [0.29, 0.717) is 0 Å². The monoisotopic (exact) mass is 90.1 g/mol. The molecule has 0 rings (SSSR count).